The van der Waals surface area contributed by atoms with Gasteiger partial charge in [0.1, 0.15) is 5.78 Å². The second kappa shape index (κ2) is 8.17. The molecule has 0 aromatic carbocycles. The van der Waals surface area contributed by atoms with Crippen LogP contribution in [0.25, 0.3) is 0 Å². The molecule has 2 fully saturated rings. The largest absolute Gasteiger partial charge is 0.478 e. The molecule has 4 nitrogen and oxygen atoms in total. The van der Waals surface area contributed by atoms with E-state index < -0.39 is 11.4 Å². The molecule has 0 bridgehead atoms. The first kappa shape index (κ1) is 25.4. The normalized spacial score (nSPS) is 40.5. The topological polar surface area (TPSA) is 71.4 Å². The van der Waals surface area contributed by atoms with Crippen molar-refractivity contribution in [2.45, 2.75) is 106 Å². The number of rotatable bonds is 5. The summed E-state index contributed by atoms with van der Waals surface area (Å²) in [5.74, 6) is 0.923. The van der Waals surface area contributed by atoms with E-state index in [9.17, 15) is 14.4 Å². The van der Waals surface area contributed by atoms with Gasteiger partial charge >= 0.3 is 5.97 Å². The third-order valence-corrected chi connectivity index (χ3v) is 11.5. The van der Waals surface area contributed by atoms with Crippen molar-refractivity contribution < 1.29 is 19.5 Å². The smallest absolute Gasteiger partial charge is 0.330 e. The Morgan fingerprint density at radius 3 is 2.41 bits per heavy atom. The van der Waals surface area contributed by atoms with Gasteiger partial charge < -0.3 is 5.11 Å². The van der Waals surface area contributed by atoms with Gasteiger partial charge in [-0.25, -0.2) is 4.79 Å². The number of fused-ring (bicyclic) bond motifs is 4. The molecule has 0 aromatic heterocycles. The molecule has 0 amide bonds. The molecule has 0 heterocycles. The molecule has 0 saturated heterocycles. The first-order valence-corrected chi connectivity index (χ1v) is 13.4. The van der Waals surface area contributed by atoms with Crippen LogP contribution < -0.4 is 0 Å². The summed E-state index contributed by atoms with van der Waals surface area (Å²) in [7, 11) is 0. The van der Waals surface area contributed by atoms with Crippen molar-refractivity contribution in [3.05, 3.63) is 22.8 Å². The number of hydrogen-bond donors (Lipinski definition) is 1. The summed E-state index contributed by atoms with van der Waals surface area (Å²) in [6.07, 6.45) is 9.91. The fourth-order valence-electron chi connectivity index (χ4n) is 8.97. The Balaban J connectivity index is 1.66. The van der Waals surface area contributed by atoms with Crippen LogP contribution in [0.15, 0.2) is 22.8 Å². The van der Waals surface area contributed by atoms with Crippen molar-refractivity contribution in [1.29, 1.82) is 0 Å². The average molecular weight is 469 g/mol. The van der Waals surface area contributed by atoms with E-state index in [1.54, 1.807) is 6.92 Å². The monoisotopic (exact) mass is 468 g/mol. The summed E-state index contributed by atoms with van der Waals surface area (Å²) >= 11 is 0. The highest BCUT2D eigenvalue weighted by Crippen LogP contribution is 2.71. The summed E-state index contributed by atoms with van der Waals surface area (Å²) in [6, 6.07) is 0. The summed E-state index contributed by atoms with van der Waals surface area (Å²) < 4.78 is 0. The van der Waals surface area contributed by atoms with Gasteiger partial charge in [-0.3, -0.25) is 9.59 Å². The molecule has 4 aliphatic carbocycles. The summed E-state index contributed by atoms with van der Waals surface area (Å²) in [6.45, 7) is 15.3. The maximum atomic E-state index is 13.9. The molecule has 4 aliphatic rings. The Morgan fingerprint density at radius 2 is 1.76 bits per heavy atom. The highest BCUT2D eigenvalue weighted by atomic mass is 16.4. The lowest BCUT2D eigenvalue weighted by Crippen LogP contribution is -2.56. The van der Waals surface area contributed by atoms with E-state index in [1.807, 2.05) is 6.08 Å². The molecule has 2 saturated carbocycles. The minimum atomic E-state index is -0.838. The standard InChI is InChI=1S/C30H44O4/c1-18(9-8-10-19(2)26(33)34)20-11-16-30(7)25-21(12-15-29(20,30)6)28(5)14-13-24(32)27(3,4)23(28)17-22(25)31/h10,18,20,23H,8-9,11-17H2,1-7H3,(H,33,34)/b19-10+. The lowest BCUT2D eigenvalue weighted by molar-refractivity contribution is -0.142. The molecule has 0 radical (unpaired) electrons. The number of Topliss-reactive ketones (excluding diaryl/α,β-unsaturated/α-hetero) is 2. The van der Waals surface area contributed by atoms with Crippen molar-refractivity contribution in [2.24, 2.45) is 39.4 Å². The third kappa shape index (κ3) is 3.41. The van der Waals surface area contributed by atoms with Crippen molar-refractivity contribution in [2.75, 3.05) is 0 Å². The van der Waals surface area contributed by atoms with Gasteiger partial charge in [0.25, 0.3) is 0 Å². The van der Waals surface area contributed by atoms with E-state index in [0.717, 1.165) is 50.5 Å². The first-order valence-electron chi connectivity index (χ1n) is 13.4. The minimum absolute atomic E-state index is 0.0478. The number of hydrogen-bond acceptors (Lipinski definition) is 3. The molecular weight excluding hydrogens is 424 g/mol. The van der Waals surface area contributed by atoms with Gasteiger partial charge in [0.2, 0.25) is 0 Å². The number of carboxylic acid groups (broad SMARTS) is 1. The van der Waals surface area contributed by atoms with E-state index in [0.29, 0.717) is 41.8 Å². The molecule has 6 atom stereocenters. The number of carboxylic acids is 1. The van der Waals surface area contributed by atoms with E-state index in [2.05, 4.69) is 41.5 Å². The zero-order chi connectivity index (χ0) is 25.3. The Labute approximate surface area is 205 Å². The molecule has 4 rings (SSSR count). The minimum Gasteiger partial charge on any atom is -0.478 e. The van der Waals surface area contributed by atoms with Gasteiger partial charge in [-0.1, -0.05) is 53.2 Å². The third-order valence-electron chi connectivity index (χ3n) is 11.5. The van der Waals surface area contributed by atoms with Gasteiger partial charge in [-0.2, -0.15) is 0 Å². The maximum Gasteiger partial charge on any atom is 0.330 e. The van der Waals surface area contributed by atoms with Crippen LogP contribution in [0.5, 0.6) is 0 Å². The molecular formula is C30H44O4. The highest BCUT2D eigenvalue weighted by Gasteiger charge is 2.65. The van der Waals surface area contributed by atoms with Gasteiger partial charge in [0, 0.05) is 34.8 Å². The summed E-state index contributed by atoms with van der Waals surface area (Å²) in [5.41, 5.74) is 2.44. The van der Waals surface area contributed by atoms with Crippen LogP contribution in [0.4, 0.5) is 0 Å². The molecule has 0 aromatic rings. The van der Waals surface area contributed by atoms with E-state index in [4.69, 9.17) is 5.11 Å². The molecule has 0 aliphatic heterocycles. The van der Waals surface area contributed by atoms with Gasteiger partial charge in [-0.05, 0) is 80.5 Å². The average Bonchev–Trinajstić information content (AvgIpc) is 3.04. The lowest BCUT2D eigenvalue weighted by atomic mass is 9.43. The second-order valence-electron chi connectivity index (χ2n) is 13.2. The number of aliphatic carboxylic acids is 1. The van der Waals surface area contributed by atoms with Crippen LogP contribution in [0.1, 0.15) is 106 Å². The predicted octanol–water partition coefficient (Wildman–Crippen LogP) is 6.93. The SMILES string of the molecule is C/C(=C\CCC(C)C1CCC2(C)C3=C(CCC12C)C1(C)CCC(=O)C(C)(C)C1CC3=O)C(=O)O. The highest BCUT2D eigenvalue weighted by molar-refractivity contribution is 6.00. The van der Waals surface area contributed by atoms with Crippen LogP contribution in [-0.4, -0.2) is 22.6 Å². The fraction of sp³-hybridized carbons (Fsp3) is 0.767. The number of carbonyl (C=O) groups is 3. The number of carbonyl (C=O) groups excluding carboxylic acids is 2. The van der Waals surface area contributed by atoms with Crippen molar-refractivity contribution in [3.63, 3.8) is 0 Å². The van der Waals surface area contributed by atoms with E-state index >= 15 is 0 Å². The Bertz CT molecular complexity index is 984. The van der Waals surface area contributed by atoms with Crippen LogP contribution in [0.2, 0.25) is 0 Å². The zero-order valence-corrected chi connectivity index (χ0v) is 22.3. The summed E-state index contributed by atoms with van der Waals surface area (Å²) in [4.78, 5) is 37.8. The van der Waals surface area contributed by atoms with Gasteiger partial charge in [0.15, 0.2) is 5.78 Å². The van der Waals surface area contributed by atoms with Gasteiger partial charge in [-0.15, -0.1) is 0 Å². The maximum absolute atomic E-state index is 13.9. The fourth-order valence-corrected chi connectivity index (χ4v) is 8.97. The molecule has 1 N–H and O–H groups in total. The molecule has 0 spiro atoms. The molecule has 188 valence electrons. The lowest BCUT2D eigenvalue weighted by Gasteiger charge is -2.60. The number of ketones is 2. The van der Waals surface area contributed by atoms with E-state index in [1.165, 1.54) is 5.57 Å². The Hall–Kier alpha value is -1.71. The quantitative estimate of drug-likeness (QED) is 0.444. The van der Waals surface area contributed by atoms with Crippen LogP contribution in [0, 0.1) is 39.4 Å². The molecule has 34 heavy (non-hydrogen) atoms. The van der Waals surface area contributed by atoms with Crippen LogP contribution >= 0.6 is 0 Å². The van der Waals surface area contributed by atoms with Crippen molar-refractivity contribution in [1.82, 2.24) is 0 Å². The van der Waals surface area contributed by atoms with Crippen molar-refractivity contribution >= 4 is 17.5 Å². The Morgan fingerprint density at radius 1 is 1.09 bits per heavy atom. The van der Waals surface area contributed by atoms with E-state index in [-0.39, 0.29) is 22.2 Å². The Kier molecular flexibility index (Phi) is 6.10. The first-order chi connectivity index (χ1) is 15.7. The zero-order valence-electron chi connectivity index (χ0n) is 22.3. The van der Waals surface area contributed by atoms with Crippen molar-refractivity contribution in [3.8, 4) is 0 Å². The van der Waals surface area contributed by atoms with Gasteiger partial charge in [0.05, 0.1) is 0 Å². The predicted molar refractivity (Wildman–Crippen MR) is 134 cm³/mol. The van der Waals surface area contributed by atoms with Crippen LogP contribution in [0.3, 0.4) is 0 Å². The number of allylic oxidation sites excluding steroid dienone is 3. The molecule has 6 unspecified atom stereocenters. The molecule has 4 heteroatoms. The summed E-state index contributed by atoms with van der Waals surface area (Å²) in [5, 5.41) is 9.15. The second-order valence-corrected chi connectivity index (χ2v) is 13.2. The van der Waals surface area contributed by atoms with Crippen LogP contribution in [-0.2, 0) is 14.4 Å².